The molecular weight excluding hydrogens is 457 g/mol. The van der Waals surface area contributed by atoms with Crippen LogP contribution in [0.2, 0.25) is 0 Å². The average Bonchev–Trinajstić information content (AvgIpc) is 2.99. The van der Waals surface area contributed by atoms with Crippen molar-refractivity contribution in [1.29, 1.82) is 0 Å². The molecule has 33 heavy (non-hydrogen) atoms. The highest BCUT2D eigenvalue weighted by molar-refractivity contribution is 5.82. The first kappa shape index (κ1) is 27.6. The Bertz CT molecular complexity index is 900. The van der Waals surface area contributed by atoms with Crippen LogP contribution < -0.4 is 5.32 Å². The topological polar surface area (TPSA) is 152 Å². The number of carbonyl (C=O) groups excluding carboxylic acids is 3. The van der Waals surface area contributed by atoms with Crippen molar-refractivity contribution >= 4 is 24.0 Å². The third-order valence-electron chi connectivity index (χ3n) is 3.30. The molecule has 1 rings (SSSR count). The van der Waals surface area contributed by atoms with Crippen LogP contribution in [0.25, 0.3) is 0 Å². The van der Waals surface area contributed by atoms with Crippen molar-refractivity contribution in [3.8, 4) is 0 Å². The molecule has 0 unspecified atom stereocenters. The molecular formula is C18H25F3N4O8. The second kappa shape index (κ2) is 10.0. The van der Waals surface area contributed by atoms with Crippen LogP contribution in [0.1, 0.15) is 47.1 Å². The van der Waals surface area contributed by atoms with Crippen LogP contribution in [0.3, 0.4) is 0 Å². The summed E-state index contributed by atoms with van der Waals surface area (Å²) in [5.74, 6) is -2.40. The number of hydrogen-bond acceptors (Lipinski definition) is 9. The van der Waals surface area contributed by atoms with Crippen LogP contribution >= 0.6 is 0 Å². The summed E-state index contributed by atoms with van der Waals surface area (Å²) in [7, 11) is 0. The van der Waals surface area contributed by atoms with Crippen LogP contribution in [0, 0.1) is 10.1 Å². The number of hydrogen-bond donors (Lipinski definition) is 1. The highest BCUT2D eigenvalue weighted by Crippen LogP contribution is 2.21. The lowest BCUT2D eigenvalue weighted by atomic mass is 10.1. The van der Waals surface area contributed by atoms with Gasteiger partial charge in [0, 0.05) is 6.42 Å². The zero-order valence-electron chi connectivity index (χ0n) is 18.8. The van der Waals surface area contributed by atoms with Gasteiger partial charge in [0.1, 0.15) is 17.2 Å². The Labute approximate surface area is 186 Å². The zero-order chi connectivity index (χ0) is 25.8. The number of halogens is 3. The molecule has 0 aliphatic rings. The number of nitro groups is 1. The third-order valence-corrected chi connectivity index (χ3v) is 3.30. The summed E-state index contributed by atoms with van der Waals surface area (Å²) in [6.45, 7) is 7.18. The predicted octanol–water partition coefficient (Wildman–Crippen LogP) is 3.12. The van der Waals surface area contributed by atoms with Gasteiger partial charge in [-0.05, 0) is 46.5 Å². The van der Waals surface area contributed by atoms with E-state index >= 15 is 0 Å². The molecule has 0 radical (unpaired) electrons. The number of nitrogens with zero attached hydrogens (tertiary/aromatic N) is 3. The Morgan fingerprint density at radius 2 is 1.67 bits per heavy atom. The van der Waals surface area contributed by atoms with Crippen LogP contribution in [0.4, 0.5) is 28.6 Å². The number of esters is 1. The Kier molecular flexibility index (Phi) is 8.41. The maximum absolute atomic E-state index is 12.4. The molecule has 0 saturated carbocycles. The average molecular weight is 482 g/mol. The molecule has 0 aliphatic carbocycles. The van der Waals surface area contributed by atoms with Crippen molar-refractivity contribution in [1.82, 2.24) is 15.1 Å². The van der Waals surface area contributed by atoms with Gasteiger partial charge in [0.15, 0.2) is 6.61 Å². The lowest BCUT2D eigenvalue weighted by Gasteiger charge is -2.22. The smallest absolute Gasteiger partial charge is 0.454 e. The highest BCUT2D eigenvalue weighted by atomic mass is 19.4. The van der Waals surface area contributed by atoms with E-state index in [4.69, 9.17) is 9.47 Å². The Morgan fingerprint density at radius 3 is 2.12 bits per heavy atom. The van der Waals surface area contributed by atoms with Gasteiger partial charge in [0.05, 0.1) is 16.9 Å². The van der Waals surface area contributed by atoms with Gasteiger partial charge < -0.3 is 29.6 Å². The highest BCUT2D eigenvalue weighted by Gasteiger charge is 2.35. The minimum atomic E-state index is -4.85. The Balaban J connectivity index is 3.23. The summed E-state index contributed by atoms with van der Waals surface area (Å²) in [5.41, 5.74) is -2.32. The lowest BCUT2D eigenvalue weighted by Crippen LogP contribution is -2.46. The number of amides is 1. The van der Waals surface area contributed by atoms with Crippen LogP contribution in [0.15, 0.2) is 6.20 Å². The summed E-state index contributed by atoms with van der Waals surface area (Å²) in [6.07, 6.45) is -6.96. The largest absolute Gasteiger partial charge is 0.454 e. The van der Waals surface area contributed by atoms with E-state index in [0.717, 1.165) is 6.20 Å². The quantitative estimate of drug-likeness (QED) is 0.279. The first-order valence-electron chi connectivity index (χ1n) is 9.46. The predicted molar refractivity (Wildman–Crippen MR) is 104 cm³/mol. The molecule has 0 aliphatic heterocycles. The van der Waals surface area contributed by atoms with E-state index in [1.165, 1.54) is 20.8 Å². The number of ether oxygens (including phenoxy) is 3. The maximum Gasteiger partial charge on any atom is 0.454 e. The first-order chi connectivity index (χ1) is 14.8. The molecule has 1 heterocycles. The third kappa shape index (κ3) is 10.2. The molecule has 0 bridgehead atoms. The normalized spacial score (nSPS) is 13.1. The van der Waals surface area contributed by atoms with Gasteiger partial charge >= 0.3 is 30.1 Å². The van der Waals surface area contributed by atoms with Gasteiger partial charge in [-0.3, -0.25) is 0 Å². The maximum atomic E-state index is 12.4. The van der Waals surface area contributed by atoms with E-state index < -0.39 is 65.3 Å². The molecule has 0 aromatic carbocycles. The standard InChI is InChI=1S/C18H25F3N4O8/c1-16(2,3)32-14(27)22-11(13(26)31-9-18(19,20)21)7-10-8-24(23-12(10)25(29)30)15(28)33-17(4,5)6/h8,11H,7,9H2,1-6H3,(H,22,27)/t11-/m0/s1. The van der Waals surface area contributed by atoms with Crippen molar-refractivity contribution < 1.29 is 46.7 Å². The van der Waals surface area contributed by atoms with E-state index in [1.807, 2.05) is 5.32 Å². The SMILES string of the molecule is CC(C)(C)OC(=O)N[C@@H](Cc1cn(C(=O)OC(C)(C)C)nc1[N+](=O)[O-])C(=O)OCC(F)(F)F. The molecule has 1 atom stereocenters. The summed E-state index contributed by atoms with van der Waals surface area (Å²) < 4.78 is 52.0. The summed E-state index contributed by atoms with van der Waals surface area (Å²) >= 11 is 0. The molecule has 12 nitrogen and oxygen atoms in total. The van der Waals surface area contributed by atoms with Crippen molar-refractivity contribution in [2.75, 3.05) is 6.61 Å². The molecule has 0 fully saturated rings. The van der Waals surface area contributed by atoms with E-state index in [2.05, 4.69) is 9.84 Å². The lowest BCUT2D eigenvalue weighted by molar-refractivity contribution is -0.390. The van der Waals surface area contributed by atoms with E-state index in [1.54, 1.807) is 20.8 Å². The van der Waals surface area contributed by atoms with Crippen molar-refractivity contribution in [2.45, 2.75) is 71.4 Å². The van der Waals surface area contributed by atoms with Gasteiger partial charge in [-0.15, -0.1) is 0 Å². The van der Waals surface area contributed by atoms with Crippen LogP contribution in [-0.4, -0.2) is 62.9 Å². The minimum absolute atomic E-state index is 0.351. The van der Waals surface area contributed by atoms with Gasteiger partial charge in [-0.25, -0.2) is 14.4 Å². The van der Waals surface area contributed by atoms with Crippen LogP contribution in [-0.2, 0) is 25.4 Å². The second-order valence-electron chi connectivity index (χ2n) is 8.79. The minimum Gasteiger partial charge on any atom is -0.454 e. The number of aromatic nitrogens is 2. The summed E-state index contributed by atoms with van der Waals surface area (Å²) in [4.78, 5) is 46.8. The molecule has 1 aromatic heterocycles. The van der Waals surface area contributed by atoms with Crippen molar-refractivity contribution in [3.05, 3.63) is 21.9 Å². The number of alkyl halides is 3. The molecule has 15 heteroatoms. The Morgan fingerprint density at radius 1 is 1.12 bits per heavy atom. The van der Waals surface area contributed by atoms with Gasteiger partial charge in [0.25, 0.3) is 0 Å². The van der Waals surface area contributed by atoms with Gasteiger partial charge in [-0.2, -0.15) is 13.2 Å². The second-order valence-corrected chi connectivity index (χ2v) is 8.79. The molecule has 1 amide bonds. The fraction of sp³-hybridized carbons (Fsp3) is 0.667. The summed E-state index contributed by atoms with van der Waals surface area (Å²) in [6, 6.07) is -1.82. The monoisotopic (exact) mass is 482 g/mol. The van der Waals surface area contributed by atoms with Crippen LogP contribution in [0.5, 0.6) is 0 Å². The van der Waals surface area contributed by atoms with E-state index in [9.17, 15) is 37.7 Å². The summed E-state index contributed by atoms with van der Waals surface area (Å²) in [5, 5.41) is 16.9. The van der Waals surface area contributed by atoms with E-state index in [-0.39, 0.29) is 5.56 Å². The molecule has 1 N–H and O–H groups in total. The Hall–Kier alpha value is -3.39. The first-order valence-corrected chi connectivity index (χ1v) is 9.46. The number of nitrogens with one attached hydrogen (secondary N) is 1. The van der Waals surface area contributed by atoms with Crippen molar-refractivity contribution in [3.63, 3.8) is 0 Å². The molecule has 186 valence electrons. The molecule has 1 aromatic rings. The van der Waals surface area contributed by atoms with Gasteiger partial charge in [-0.1, -0.05) is 4.68 Å². The number of carbonyl (C=O) groups is 3. The zero-order valence-corrected chi connectivity index (χ0v) is 18.8. The fourth-order valence-corrected chi connectivity index (χ4v) is 2.22. The number of alkyl carbamates (subject to hydrolysis) is 1. The van der Waals surface area contributed by atoms with E-state index in [0.29, 0.717) is 4.68 Å². The number of rotatable bonds is 6. The van der Waals surface area contributed by atoms with Crippen molar-refractivity contribution in [2.24, 2.45) is 0 Å². The van der Waals surface area contributed by atoms with Gasteiger partial charge in [0.2, 0.25) is 0 Å². The fourth-order valence-electron chi connectivity index (χ4n) is 2.22. The molecule has 0 spiro atoms. The molecule has 0 saturated heterocycles.